The highest BCUT2D eigenvalue weighted by Crippen LogP contribution is 2.35. The van der Waals surface area contributed by atoms with Gasteiger partial charge in [0.15, 0.2) is 5.65 Å². The molecule has 0 bridgehead atoms. The molecule has 0 atom stereocenters. The number of halogens is 2. The molecule has 1 aliphatic carbocycles. The zero-order valence-corrected chi connectivity index (χ0v) is 18.0. The molecule has 0 radical (unpaired) electrons. The highest BCUT2D eigenvalue weighted by molar-refractivity contribution is 5.77. The van der Waals surface area contributed by atoms with Gasteiger partial charge in [-0.1, -0.05) is 18.2 Å². The predicted molar refractivity (Wildman–Crippen MR) is 121 cm³/mol. The van der Waals surface area contributed by atoms with Crippen molar-refractivity contribution in [3.63, 3.8) is 0 Å². The Bertz CT molecular complexity index is 1160. The summed E-state index contributed by atoms with van der Waals surface area (Å²) in [6.07, 6.45) is 7.36. The molecular formula is C23H26F2N6O. The third-order valence-electron chi connectivity index (χ3n) is 5.54. The van der Waals surface area contributed by atoms with E-state index in [1.165, 1.54) is 13.0 Å². The maximum Gasteiger partial charge on any atom is 0.229 e. The van der Waals surface area contributed by atoms with Crippen LogP contribution in [0.1, 0.15) is 45.6 Å². The van der Waals surface area contributed by atoms with Crippen LogP contribution in [0.5, 0.6) is 0 Å². The summed E-state index contributed by atoms with van der Waals surface area (Å²) in [5.41, 5.74) is 1.66. The average molecular weight is 440 g/mol. The molecule has 3 N–H and O–H groups in total. The van der Waals surface area contributed by atoms with Gasteiger partial charge in [0.1, 0.15) is 17.2 Å². The molecule has 9 heteroatoms. The quantitative estimate of drug-likeness (QED) is 0.447. The van der Waals surface area contributed by atoms with E-state index in [4.69, 9.17) is 0 Å². The maximum absolute atomic E-state index is 14.3. The smallest absolute Gasteiger partial charge is 0.229 e. The van der Waals surface area contributed by atoms with E-state index in [1.807, 2.05) is 4.57 Å². The van der Waals surface area contributed by atoms with Crippen molar-refractivity contribution in [1.82, 2.24) is 19.5 Å². The van der Waals surface area contributed by atoms with Crippen molar-refractivity contribution in [3.8, 4) is 0 Å². The largest absolute Gasteiger partial charge is 0.393 e. The fourth-order valence-electron chi connectivity index (χ4n) is 3.91. The van der Waals surface area contributed by atoms with Gasteiger partial charge in [0.2, 0.25) is 11.9 Å². The number of hydrogen-bond donors (Lipinski definition) is 3. The van der Waals surface area contributed by atoms with Crippen molar-refractivity contribution in [2.75, 3.05) is 10.6 Å². The zero-order chi connectivity index (χ0) is 22.7. The summed E-state index contributed by atoms with van der Waals surface area (Å²) < 4.78 is 30.1. The molecule has 2 heterocycles. The Morgan fingerprint density at radius 2 is 1.94 bits per heavy atom. The van der Waals surface area contributed by atoms with Crippen LogP contribution in [-0.2, 0) is 0 Å². The Labute approximate surface area is 184 Å². The first-order chi connectivity index (χ1) is 15.5. The lowest BCUT2D eigenvalue weighted by Crippen LogP contribution is -2.22. The Balaban J connectivity index is 1.78. The number of benzene rings is 1. The number of aliphatic hydroxyl groups excluding tert-OH is 1. The van der Waals surface area contributed by atoms with Crippen LogP contribution in [0.3, 0.4) is 0 Å². The molecule has 0 unspecified atom stereocenters. The monoisotopic (exact) mass is 440 g/mol. The van der Waals surface area contributed by atoms with Crippen LogP contribution in [0.15, 0.2) is 54.1 Å². The van der Waals surface area contributed by atoms with Gasteiger partial charge in [0.25, 0.3) is 0 Å². The molecule has 0 amide bonds. The van der Waals surface area contributed by atoms with Crippen LogP contribution in [0.4, 0.5) is 26.4 Å². The standard InChI is InChI=1S/C23H26F2N6O/c1-3-6-18(14(2)24)27-22-26-13-20-21(30-22)31(15-9-11-16(32)12-10-15)23(29-20)28-19-8-5-4-7-17(19)25/h3-8,13,15-16,32H,9-12H2,1-2H3,(H,28,29)(H,26,27,30)/b6-3-,18-14-. The van der Waals surface area contributed by atoms with E-state index in [0.29, 0.717) is 35.6 Å². The van der Waals surface area contributed by atoms with E-state index < -0.39 is 5.82 Å². The molecule has 1 aromatic carbocycles. The normalized spacial score (nSPS) is 19.9. The molecule has 3 aromatic rings. The summed E-state index contributed by atoms with van der Waals surface area (Å²) in [4.78, 5) is 13.5. The minimum Gasteiger partial charge on any atom is -0.393 e. The number of fused-ring (bicyclic) bond motifs is 1. The number of para-hydroxylation sites is 1. The molecule has 0 aliphatic heterocycles. The van der Waals surface area contributed by atoms with Crippen molar-refractivity contribution in [3.05, 3.63) is 60.0 Å². The topological polar surface area (TPSA) is 87.9 Å². The van der Waals surface area contributed by atoms with Crippen LogP contribution in [0.2, 0.25) is 0 Å². The van der Waals surface area contributed by atoms with Gasteiger partial charge in [-0.05, 0) is 57.7 Å². The molecule has 32 heavy (non-hydrogen) atoms. The van der Waals surface area contributed by atoms with Gasteiger partial charge in [-0.3, -0.25) is 4.57 Å². The summed E-state index contributed by atoms with van der Waals surface area (Å²) in [7, 11) is 0. The fraction of sp³-hybridized carbons (Fsp3) is 0.348. The van der Waals surface area contributed by atoms with Crippen molar-refractivity contribution in [2.24, 2.45) is 0 Å². The zero-order valence-electron chi connectivity index (χ0n) is 18.0. The molecule has 1 aliphatic rings. The highest BCUT2D eigenvalue weighted by Gasteiger charge is 2.26. The van der Waals surface area contributed by atoms with E-state index in [-0.39, 0.29) is 29.6 Å². The minimum atomic E-state index is -0.391. The number of allylic oxidation sites excluding steroid dienone is 3. The van der Waals surface area contributed by atoms with Crippen LogP contribution in [0.25, 0.3) is 11.2 Å². The second-order valence-corrected chi connectivity index (χ2v) is 7.85. The number of nitrogens with zero attached hydrogens (tertiary/aromatic N) is 4. The highest BCUT2D eigenvalue weighted by atomic mass is 19.1. The van der Waals surface area contributed by atoms with E-state index >= 15 is 0 Å². The average Bonchev–Trinajstić information content (AvgIpc) is 3.13. The van der Waals surface area contributed by atoms with Crippen LogP contribution in [0, 0.1) is 5.82 Å². The molecule has 2 aromatic heterocycles. The number of nitrogens with one attached hydrogen (secondary N) is 2. The number of hydrogen-bond acceptors (Lipinski definition) is 6. The van der Waals surface area contributed by atoms with Gasteiger partial charge < -0.3 is 15.7 Å². The van der Waals surface area contributed by atoms with Gasteiger partial charge in [-0.2, -0.15) is 4.98 Å². The van der Waals surface area contributed by atoms with Crippen LogP contribution in [-0.4, -0.2) is 30.7 Å². The second-order valence-electron chi connectivity index (χ2n) is 7.85. The Hall–Kier alpha value is -3.33. The third-order valence-corrected chi connectivity index (χ3v) is 5.54. The van der Waals surface area contributed by atoms with E-state index in [1.54, 1.807) is 43.5 Å². The summed E-state index contributed by atoms with van der Waals surface area (Å²) in [5, 5.41) is 15.9. The number of anilines is 3. The Morgan fingerprint density at radius 1 is 1.19 bits per heavy atom. The summed E-state index contributed by atoms with van der Waals surface area (Å²) in [5.74, 6) is -0.0949. The number of rotatable bonds is 6. The molecule has 0 spiro atoms. The first-order valence-electron chi connectivity index (χ1n) is 10.7. The van der Waals surface area contributed by atoms with Crippen molar-refractivity contribution in [1.29, 1.82) is 0 Å². The lowest BCUT2D eigenvalue weighted by molar-refractivity contribution is 0.112. The van der Waals surface area contributed by atoms with Crippen LogP contribution < -0.4 is 10.6 Å². The SMILES string of the molecule is C/C=C\C(Nc1ncc2nc(Nc3ccccc3F)n(C3CCC(O)CC3)c2n1)=C(/C)F. The van der Waals surface area contributed by atoms with Gasteiger partial charge in [-0.15, -0.1) is 0 Å². The minimum absolute atomic E-state index is 0.0221. The summed E-state index contributed by atoms with van der Waals surface area (Å²) >= 11 is 0. The van der Waals surface area contributed by atoms with E-state index in [2.05, 4.69) is 25.6 Å². The number of aliphatic hydroxyl groups is 1. The molecule has 7 nitrogen and oxygen atoms in total. The molecule has 1 saturated carbocycles. The molecule has 168 valence electrons. The lowest BCUT2D eigenvalue weighted by atomic mass is 9.93. The van der Waals surface area contributed by atoms with E-state index in [9.17, 15) is 13.9 Å². The fourth-order valence-corrected chi connectivity index (χ4v) is 3.91. The van der Waals surface area contributed by atoms with Gasteiger partial charge in [0.05, 0.1) is 23.7 Å². The van der Waals surface area contributed by atoms with Crippen molar-refractivity contribution in [2.45, 2.75) is 51.7 Å². The van der Waals surface area contributed by atoms with Crippen molar-refractivity contribution < 1.29 is 13.9 Å². The second kappa shape index (κ2) is 9.44. The maximum atomic E-state index is 14.3. The van der Waals surface area contributed by atoms with Gasteiger partial charge in [-0.25, -0.2) is 18.7 Å². The predicted octanol–water partition coefficient (Wildman–Crippen LogP) is 5.37. The molecule has 1 fully saturated rings. The molecule has 4 rings (SSSR count). The van der Waals surface area contributed by atoms with E-state index in [0.717, 1.165) is 12.8 Å². The van der Waals surface area contributed by atoms with Gasteiger partial charge >= 0.3 is 0 Å². The molecule has 0 saturated heterocycles. The summed E-state index contributed by atoms with van der Waals surface area (Å²) in [6.45, 7) is 3.15. The Kier molecular flexibility index (Phi) is 6.45. The first kappa shape index (κ1) is 21.9. The lowest BCUT2D eigenvalue weighted by Gasteiger charge is -2.28. The van der Waals surface area contributed by atoms with Crippen molar-refractivity contribution >= 4 is 28.7 Å². The van der Waals surface area contributed by atoms with Gasteiger partial charge in [0, 0.05) is 6.04 Å². The third kappa shape index (κ3) is 4.62. The Morgan fingerprint density at radius 3 is 2.62 bits per heavy atom. The molecular weight excluding hydrogens is 414 g/mol. The summed E-state index contributed by atoms with van der Waals surface area (Å²) in [6, 6.07) is 6.40. The number of imidazole rings is 1. The van der Waals surface area contributed by atoms with Crippen LogP contribution >= 0.6 is 0 Å². The first-order valence-corrected chi connectivity index (χ1v) is 10.7. The number of aromatic nitrogens is 4.